The largest absolute Gasteiger partial charge is 0.504 e. The minimum Gasteiger partial charge on any atom is -0.504 e. The summed E-state index contributed by atoms with van der Waals surface area (Å²) in [5.74, 6) is 0.809. The molecule has 0 aromatic heterocycles. The molecule has 2 N–H and O–H groups in total. The first-order valence-corrected chi connectivity index (χ1v) is 12.0. The van der Waals surface area contributed by atoms with Crippen LogP contribution < -0.4 is 4.74 Å². The lowest BCUT2D eigenvalue weighted by Crippen LogP contribution is -2.56. The molecule has 33 heavy (non-hydrogen) atoms. The Balaban J connectivity index is 1.64. The van der Waals surface area contributed by atoms with Crippen molar-refractivity contribution in [3.8, 4) is 11.5 Å². The summed E-state index contributed by atoms with van der Waals surface area (Å²) in [6.45, 7) is 4.82. The Labute approximate surface area is 196 Å². The van der Waals surface area contributed by atoms with E-state index in [1.807, 2.05) is 29.2 Å². The number of hydrogen-bond donors (Lipinski definition) is 2. The number of aromatic hydroxyl groups is 1. The number of aliphatic hydroxyl groups is 1. The maximum atomic E-state index is 13.4. The summed E-state index contributed by atoms with van der Waals surface area (Å²) in [5.41, 5.74) is 2.38. The van der Waals surface area contributed by atoms with Crippen LogP contribution in [-0.4, -0.2) is 40.3 Å². The molecule has 5 heteroatoms. The molecular formula is C28H35NO4. The molecule has 1 saturated carbocycles. The number of nitrogens with zero attached hydrogens (tertiary/aromatic N) is 1. The van der Waals surface area contributed by atoms with Crippen LogP contribution in [0.5, 0.6) is 11.5 Å². The first kappa shape index (κ1) is 23.4. The highest BCUT2D eigenvalue weighted by molar-refractivity contribution is 5.92. The number of phenols is 1. The van der Waals surface area contributed by atoms with E-state index in [2.05, 4.69) is 26.0 Å². The van der Waals surface area contributed by atoms with Crippen LogP contribution >= 0.6 is 0 Å². The van der Waals surface area contributed by atoms with E-state index < -0.39 is 5.60 Å². The Kier molecular flexibility index (Phi) is 6.80. The summed E-state index contributed by atoms with van der Waals surface area (Å²) < 4.78 is 5.34. The van der Waals surface area contributed by atoms with E-state index >= 15 is 0 Å². The van der Waals surface area contributed by atoms with Crippen molar-refractivity contribution in [3.05, 3.63) is 65.2 Å². The maximum absolute atomic E-state index is 13.4. The molecule has 1 saturated heterocycles. The van der Waals surface area contributed by atoms with E-state index in [9.17, 15) is 15.0 Å². The van der Waals surface area contributed by atoms with Gasteiger partial charge < -0.3 is 19.8 Å². The topological polar surface area (TPSA) is 70.0 Å². The van der Waals surface area contributed by atoms with E-state index in [1.54, 1.807) is 18.2 Å². The molecule has 5 nitrogen and oxygen atoms in total. The molecule has 0 spiro atoms. The average Bonchev–Trinajstić information content (AvgIpc) is 2.82. The number of rotatable bonds is 5. The molecule has 2 aromatic carbocycles. The smallest absolute Gasteiger partial charge is 0.247 e. The van der Waals surface area contributed by atoms with Gasteiger partial charge in [-0.3, -0.25) is 4.79 Å². The number of piperidine rings is 1. The van der Waals surface area contributed by atoms with Crippen molar-refractivity contribution < 1.29 is 19.7 Å². The normalized spacial score (nSPS) is 25.3. The molecule has 1 aliphatic heterocycles. The number of fused-ring (bicyclic) bond motifs is 1. The van der Waals surface area contributed by atoms with Crippen molar-refractivity contribution in [2.45, 2.75) is 63.5 Å². The maximum Gasteiger partial charge on any atom is 0.247 e. The van der Waals surface area contributed by atoms with E-state index in [0.717, 1.165) is 36.8 Å². The number of likely N-dealkylation sites (tertiary alicyclic amines) is 1. The fraction of sp³-hybridized carbons (Fsp3) is 0.464. The van der Waals surface area contributed by atoms with Crippen molar-refractivity contribution in [1.29, 1.82) is 0 Å². The van der Waals surface area contributed by atoms with E-state index in [0.29, 0.717) is 24.6 Å². The second-order valence-electron chi connectivity index (χ2n) is 9.77. The summed E-state index contributed by atoms with van der Waals surface area (Å²) in [5, 5.41) is 21.5. The van der Waals surface area contributed by atoms with Gasteiger partial charge >= 0.3 is 0 Å². The zero-order chi connectivity index (χ0) is 23.6. The average molecular weight is 450 g/mol. The number of ether oxygens (including phenoxy) is 1. The third kappa shape index (κ3) is 4.79. The molecule has 1 amide bonds. The standard InChI is InChI=1S/C28H35NO4/c1-19(2)21-10-7-20(8-11-21)9-14-26(31)29-17-16-28(32)15-5-4-6-23(28)27(29)22-12-13-24(30)25(18-22)33-3/h7-14,18-19,23,27,30,32H,4-6,15-17H2,1-3H3/b14-9+/t23-,27+,28-/m1/s1. The van der Waals surface area contributed by atoms with Crippen LogP contribution in [0.2, 0.25) is 0 Å². The number of carbonyl (C=O) groups is 1. The van der Waals surface area contributed by atoms with Crippen LogP contribution in [0, 0.1) is 5.92 Å². The van der Waals surface area contributed by atoms with Crippen LogP contribution in [0.25, 0.3) is 6.08 Å². The molecule has 176 valence electrons. The lowest BCUT2D eigenvalue weighted by Gasteiger charge is -2.52. The quantitative estimate of drug-likeness (QED) is 0.597. The number of benzene rings is 2. The molecule has 3 atom stereocenters. The van der Waals surface area contributed by atoms with Gasteiger partial charge in [0, 0.05) is 18.5 Å². The molecule has 2 fully saturated rings. The Morgan fingerprint density at radius 1 is 1.15 bits per heavy atom. The van der Waals surface area contributed by atoms with Gasteiger partial charge in [-0.1, -0.05) is 57.0 Å². The van der Waals surface area contributed by atoms with Gasteiger partial charge in [0.15, 0.2) is 11.5 Å². The minimum atomic E-state index is -0.763. The predicted molar refractivity (Wildman–Crippen MR) is 130 cm³/mol. The van der Waals surface area contributed by atoms with Gasteiger partial charge in [-0.25, -0.2) is 0 Å². The van der Waals surface area contributed by atoms with Crippen LogP contribution in [0.15, 0.2) is 48.5 Å². The predicted octanol–water partition coefficient (Wildman–Crippen LogP) is 5.43. The molecule has 2 aromatic rings. The Hall–Kier alpha value is -2.79. The fourth-order valence-electron chi connectivity index (χ4n) is 5.47. The summed E-state index contributed by atoms with van der Waals surface area (Å²) in [7, 11) is 1.52. The van der Waals surface area contributed by atoms with E-state index in [4.69, 9.17) is 4.74 Å². The van der Waals surface area contributed by atoms with E-state index in [1.165, 1.54) is 12.7 Å². The van der Waals surface area contributed by atoms with Crippen LogP contribution in [0.3, 0.4) is 0 Å². The Morgan fingerprint density at radius 2 is 1.91 bits per heavy atom. The number of amides is 1. The van der Waals surface area contributed by atoms with Crippen LogP contribution in [-0.2, 0) is 4.79 Å². The molecule has 4 rings (SSSR count). The monoisotopic (exact) mass is 449 g/mol. The van der Waals surface area contributed by atoms with Crippen molar-refractivity contribution in [3.63, 3.8) is 0 Å². The molecule has 0 bridgehead atoms. The van der Waals surface area contributed by atoms with Crippen molar-refractivity contribution >= 4 is 12.0 Å². The molecule has 0 radical (unpaired) electrons. The van der Waals surface area contributed by atoms with E-state index in [-0.39, 0.29) is 23.6 Å². The van der Waals surface area contributed by atoms with Gasteiger partial charge in [0.2, 0.25) is 5.91 Å². The summed E-state index contributed by atoms with van der Waals surface area (Å²) in [4.78, 5) is 15.3. The number of carbonyl (C=O) groups excluding carboxylic acids is 1. The molecule has 1 heterocycles. The summed E-state index contributed by atoms with van der Waals surface area (Å²) in [6, 6.07) is 13.3. The van der Waals surface area contributed by atoms with Crippen LogP contribution in [0.4, 0.5) is 0 Å². The second kappa shape index (κ2) is 9.60. The lowest BCUT2D eigenvalue weighted by atomic mass is 9.66. The van der Waals surface area contributed by atoms with Crippen LogP contribution in [0.1, 0.15) is 74.6 Å². The van der Waals surface area contributed by atoms with Gasteiger partial charge in [-0.2, -0.15) is 0 Å². The Bertz CT molecular complexity index is 1010. The lowest BCUT2D eigenvalue weighted by molar-refractivity contribution is -0.150. The first-order valence-electron chi connectivity index (χ1n) is 12.0. The van der Waals surface area contributed by atoms with Gasteiger partial charge in [0.25, 0.3) is 0 Å². The van der Waals surface area contributed by atoms with Gasteiger partial charge in [-0.05, 0) is 60.1 Å². The third-order valence-electron chi connectivity index (χ3n) is 7.42. The number of methoxy groups -OCH3 is 1. The SMILES string of the molecule is COc1cc([C@H]2[C@H]3CCCC[C@@]3(O)CCN2C(=O)/C=C/c2ccc(C(C)C)cc2)ccc1O. The second-order valence-corrected chi connectivity index (χ2v) is 9.77. The first-order chi connectivity index (χ1) is 15.8. The molecular weight excluding hydrogens is 414 g/mol. The summed E-state index contributed by atoms with van der Waals surface area (Å²) in [6.07, 6.45) is 7.78. The fourth-order valence-corrected chi connectivity index (χ4v) is 5.47. The van der Waals surface area contributed by atoms with Gasteiger partial charge in [0.05, 0.1) is 18.8 Å². The number of hydrogen-bond acceptors (Lipinski definition) is 4. The third-order valence-corrected chi connectivity index (χ3v) is 7.42. The highest BCUT2D eigenvalue weighted by Crippen LogP contribution is 2.50. The zero-order valence-corrected chi connectivity index (χ0v) is 19.8. The molecule has 2 aliphatic rings. The number of phenolic OH excluding ortho intramolecular Hbond substituents is 1. The van der Waals surface area contributed by atoms with Crippen molar-refractivity contribution in [1.82, 2.24) is 4.90 Å². The minimum absolute atomic E-state index is 0.0445. The highest BCUT2D eigenvalue weighted by Gasteiger charge is 2.50. The van der Waals surface area contributed by atoms with Crippen molar-refractivity contribution in [2.24, 2.45) is 5.92 Å². The van der Waals surface area contributed by atoms with Gasteiger partial charge in [-0.15, -0.1) is 0 Å². The zero-order valence-electron chi connectivity index (χ0n) is 19.8. The van der Waals surface area contributed by atoms with Gasteiger partial charge in [0.1, 0.15) is 0 Å². The highest BCUT2D eigenvalue weighted by atomic mass is 16.5. The molecule has 1 aliphatic carbocycles. The Morgan fingerprint density at radius 3 is 2.61 bits per heavy atom. The summed E-state index contributed by atoms with van der Waals surface area (Å²) >= 11 is 0. The van der Waals surface area contributed by atoms with Crippen molar-refractivity contribution in [2.75, 3.05) is 13.7 Å². The molecule has 0 unspecified atom stereocenters.